The van der Waals surface area contributed by atoms with Crippen LogP contribution in [0.5, 0.6) is 0 Å². The van der Waals surface area contributed by atoms with E-state index < -0.39 is 5.60 Å². The molecule has 1 atom stereocenters. The molecule has 21 heavy (non-hydrogen) atoms. The molecule has 1 unspecified atom stereocenters. The molecule has 2 N–H and O–H groups in total. The van der Waals surface area contributed by atoms with E-state index in [1.165, 1.54) is 5.56 Å². The van der Waals surface area contributed by atoms with Crippen molar-refractivity contribution in [2.75, 3.05) is 18.0 Å². The molecule has 1 aromatic carbocycles. The Balaban J connectivity index is 1.59. The van der Waals surface area contributed by atoms with Crippen LogP contribution < -0.4 is 10.2 Å². The van der Waals surface area contributed by atoms with Gasteiger partial charge in [0.25, 0.3) is 0 Å². The van der Waals surface area contributed by atoms with Crippen molar-refractivity contribution in [3.05, 3.63) is 29.8 Å². The Bertz CT molecular complexity index is 508. The van der Waals surface area contributed by atoms with Crippen molar-refractivity contribution in [3.63, 3.8) is 0 Å². The molecule has 0 spiro atoms. The smallest absolute Gasteiger partial charge is 0.227 e. The number of carbonyl (C=O) groups is 1. The topological polar surface area (TPSA) is 52.6 Å². The molecule has 2 fully saturated rings. The fourth-order valence-corrected chi connectivity index (χ4v) is 3.09. The van der Waals surface area contributed by atoms with Crippen LogP contribution in [0.15, 0.2) is 24.3 Å². The van der Waals surface area contributed by atoms with Gasteiger partial charge in [0.05, 0.1) is 5.60 Å². The van der Waals surface area contributed by atoms with Crippen LogP contribution in [-0.4, -0.2) is 29.7 Å². The summed E-state index contributed by atoms with van der Waals surface area (Å²) in [6.45, 7) is 3.59. The van der Waals surface area contributed by atoms with Crippen molar-refractivity contribution < 1.29 is 9.90 Å². The first-order chi connectivity index (χ1) is 10.1. The third kappa shape index (κ3) is 3.11. The van der Waals surface area contributed by atoms with Gasteiger partial charge in [0.2, 0.25) is 5.91 Å². The molecule has 3 rings (SSSR count). The number of rotatable bonds is 5. The minimum atomic E-state index is -0.490. The van der Waals surface area contributed by atoms with Crippen molar-refractivity contribution in [2.45, 2.75) is 50.7 Å². The van der Waals surface area contributed by atoms with Gasteiger partial charge >= 0.3 is 0 Å². The molecule has 1 aromatic rings. The molecular weight excluding hydrogens is 264 g/mol. The summed E-state index contributed by atoms with van der Waals surface area (Å²) in [5.74, 6) is 0.223. The molecule has 1 amide bonds. The Kier molecular flexibility index (Phi) is 4.00. The zero-order valence-corrected chi connectivity index (χ0v) is 12.6. The molecule has 1 saturated heterocycles. The van der Waals surface area contributed by atoms with Gasteiger partial charge in [0.15, 0.2) is 0 Å². The van der Waals surface area contributed by atoms with Gasteiger partial charge in [0, 0.05) is 31.2 Å². The number of hydrogen-bond donors (Lipinski definition) is 2. The van der Waals surface area contributed by atoms with Gasteiger partial charge in [-0.1, -0.05) is 12.1 Å². The molecular formula is C17H24N2O2. The largest absolute Gasteiger partial charge is 0.389 e. The van der Waals surface area contributed by atoms with Crippen LogP contribution in [0.1, 0.15) is 50.6 Å². The summed E-state index contributed by atoms with van der Waals surface area (Å²) in [6.07, 6.45) is 4.56. The number of anilines is 1. The second kappa shape index (κ2) is 5.78. The van der Waals surface area contributed by atoms with Crippen molar-refractivity contribution in [3.8, 4) is 0 Å². The van der Waals surface area contributed by atoms with Crippen molar-refractivity contribution in [1.29, 1.82) is 0 Å². The standard InChI is InChI=1S/C17H24N2O2/c1-13(18-12-17(21)9-3-10-17)14-5-7-15(8-6-14)19-11-2-4-16(19)20/h5-8,13,18,21H,2-4,9-12H2,1H3. The molecule has 1 aliphatic heterocycles. The van der Waals surface area contributed by atoms with Gasteiger partial charge in [0.1, 0.15) is 0 Å². The van der Waals surface area contributed by atoms with Crippen molar-refractivity contribution in [2.24, 2.45) is 0 Å². The second-order valence-electron chi connectivity index (χ2n) is 6.42. The van der Waals surface area contributed by atoms with Crippen LogP contribution in [0.2, 0.25) is 0 Å². The summed E-state index contributed by atoms with van der Waals surface area (Å²) in [4.78, 5) is 13.6. The quantitative estimate of drug-likeness (QED) is 0.874. The van der Waals surface area contributed by atoms with Crippen LogP contribution in [0.4, 0.5) is 5.69 Å². The average molecular weight is 288 g/mol. The van der Waals surface area contributed by atoms with Crippen LogP contribution in [-0.2, 0) is 4.79 Å². The molecule has 2 aliphatic rings. The third-order valence-electron chi connectivity index (χ3n) is 4.80. The Hall–Kier alpha value is -1.39. The minimum absolute atomic E-state index is 0.206. The summed E-state index contributed by atoms with van der Waals surface area (Å²) in [7, 11) is 0. The maximum atomic E-state index is 11.7. The molecule has 1 saturated carbocycles. The van der Waals surface area contributed by atoms with Crippen LogP contribution in [0, 0.1) is 0 Å². The maximum absolute atomic E-state index is 11.7. The third-order valence-corrected chi connectivity index (χ3v) is 4.80. The Morgan fingerprint density at radius 3 is 2.52 bits per heavy atom. The average Bonchev–Trinajstić information content (AvgIpc) is 2.89. The summed E-state index contributed by atoms with van der Waals surface area (Å²) >= 11 is 0. The second-order valence-corrected chi connectivity index (χ2v) is 6.42. The lowest BCUT2D eigenvalue weighted by atomic mass is 9.80. The molecule has 0 bridgehead atoms. The molecule has 4 nitrogen and oxygen atoms in total. The maximum Gasteiger partial charge on any atom is 0.227 e. The van der Waals surface area contributed by atoms with Gasteiger partial charge in [-0.15, -0.1) is 0 Å². The zero-order valence-electron chi connectivity index (χ0n) is 12.6. The molecule has 114 valence electrons. The summed E-state index contributed by atoms with van der Waals surface area (Å²) in [6, 6.07) is 8.40. The normalized spacial score (nSPS) is 22.2. The summed E-state index contributed by atoms with van der Waals surface area (Å²) in [5, 5.41) is 13.5. The van der Waals surface area contributed by atoms with E-state index in [0.29, 0.717) is 13.0 Å². The molecule has 4 heteroatoms. The number of nitrogens with zero attached hydrogens (tertiary/aromatic N) is 1. The highest BCUT2D eigenvalue weighted by atomic mass is 16.3. The first-order valence-electron chi connectivity index (χ1n) is 7.94. The van der Waals surface area contributed by atoms with Crippen molar-refractivity contribution in [1.82, 2.24) is 5.32 Å². The summed E-state index contributed by atoms with van der Waals surface area (Å²) in [5.41, 5.74) is 1.69. The van der Waals surface area contributed by atoms with E-state index in [1.54, 1.807) is 0 Å². The van der Waals surface area contributed by atoms with E-state index in [1.807, 2.05) is 17.0 Å². The molecule has 1 aliphatic carbocycles. The number of nitrogens with one attached hydrogen (secondary N) is 1. The van der Waals surface area contributed by atoms with E-state index in [0.717, 1.165) is 37.9 Å². The van der Waals surface area contributed by atoms with E-state index in [-0.39, 0.29) is 11.9 Å². The van der Waals surface area contributed by atoms with Gasteiger partial charge in [-0.05, 0) is 50.3 Å². The van der Waals surface area contributed by atoms with E-state index in [4.69, 9.17) is 0 Å². The number of hydrogen-bond acceptors (Lipinski definition) is 3. The predicted molar refractivity (Wildman–Crippen MR) is 83.2 cm³/mol. The van der Waals surface area contributed by atoms with Gasteiger partial charge in [-0.2, -0.15) is 0 Å². The highest BCUT2D eigenvalue weighted by molar-refractivity contribution is 5.95. The van der Waals surface area contributed by atoms with E-state index in [2.05, 4.69) is 24.4 Å². The van der Waals surface area contributed by atoms with Crippen LogP contribution >= 0.6 is 0 Å². The number of carbonyl (C=O) groups excluding carboxylic acids is 1. The highest BCUT2D eigenvalue weighted by Gasteiger charge is 2.34. The Labute approximate surface area is 126 Å². The lowest BCUT2D eigenvalue weighted by Crippen LogP contribution is -2.46. The zero-order chi connectivity index (χ0) is 14.9. The Morgan fingerprint density at radius 2 is 2.00 bits per heavy atom. The number of aliphatic hydroxyl groups is 1. The lowest BCUT2D eigenvalue weighted by molar-refractivity contribution is -0.117. The van der Waals surface area contributed by atoms with Gasteiger partial charge < -0.3 is 15.3 Å². The number of amides is 1. The fourth-order valence-electron chi connectivity index (χ4n) is 3.09. The highest BCUT2D eigenvalue weighted by Crippen LogP contribution is 2.31. The van der Waals surface area contributed by atoms with E-state index in [9.17, 15) is 9.90 Å². The SMILES string of the molecule is CC(NCC1(O)CCC1)c1ccc(N2CCCC2=O)cc1. The fraction of sp³-hybridized carbons (Fsp3) is 0.588. The van der Waals surface area contributed by atoms with Gasteiger partial charge in [-0.3, -0.25) is 4.79 Å². The Morgan fingerprint density at radius 1 is 1.29 bits per heavy atom. The lowest BCUT2D eigenvalue weighted by Gasteiger charge is -2.37. The first-order valence-corrected chi connectivity index (χ1v) is 7.94. The number of benzene rings is 1. The molecule has 1 heterocycles. The van der Waals surface area contributed by atoms with Crippen LogP contribution in [0.3, 0.4) is 0 Å². The molecule has 0 aromatic heterocycles. The first kappa shape index (κ1) is 14.5. The minimum Gasteiger partial charge on any atom is -0.389 e. The predicted octanol–water partition coefficient (Wildman–Crippen LogP) is 2.38. The monoisotopic (exact) mass is 288 g/mol. The molecule has 0 radical (unpaired) electrons. The van der Waals surface area contributed by atoms with Gasteiger partial charge in [-0.25, -0.2) is 0 Å². The van der Waals surface area contributed by atoms with E-state index >= 15 is 0 Å². The summed E-state index contributed by atoms with van der Waals surface area (Å²) < 4.78 is 0. The van der Waals surface area contributed by atoms with Crippen LogP contribution in [0.25, 0.3) is 0 Å². The van der Waals surface area contributed by atoms with Crippen molar-refractivity contribution >= 4 is 11.6 Å².